The Labute approximate surface area is 131 Å². The van der Waals surface area contributed by atoms with Gasteiger partial charge in [0.2, 0.25) is 0 Å². The number of hydrogen-bond acceptors (Lipinski definition) is 4. The molecule has 0 amide bonds. The molecule has 0 spiro atoms. The molecule has 0 unspecified atom stereocenters. The van der Waals surface area contributed by atoms with Crippen LogP contribution < -0.4 is 0 Å². The van der Waals surface area contributed by atoms with Gasteiger partial charge in [-0.2, -0.15) is 16.8 Å². The van der Waals surface area contributed by atoms with Gasteiger partial charge in [-0.05, 0) is 28.3 Å². The molecule has 0 aromatic heterocycles. The lowest BCUT2D eigenvalue weighted by Gasteiger charge is -2.11. The van der Waals surface area contributed by atoms with Crippen LogP contribution in [-0.2, 0) is 26.7 Å². The summed E-state index contributed by atoms with van der Waals surface area (Å²) in [6.45, 7) is 0. The second-order valence-electron chi connectivity index (χ2n) is 4.83. The van der Waals surface area contributed by atoms with E-state index in [1.165, 1.54) is 0 Å². The highest BCUT2D eigenvalue weighted by Gasteiger charge is 2.33. The molecule has 116 valence electrons. The second kappa shape index (κ2) is 4.77. The Balaban J connectivity index is 2.47. The molecular weight excluding hydrogens is 352 g/mol. The predicted molar refractivity (Wildman–Crippen MR) is 79.3 cm³/mol. The molecule has 9 heteroatoms. The maximum atomic E-state index is 11.5. The third-order valence-corrected chi connectivity index (χ3v) is 5.98. The Morgan fingerprint density at radius 1 is 0.955 bits per heavy atom. The third-order valence-electron chi connectivity index (χ3n) is 3.50. The maximum Gasteiger partial charge on any atom is 0.297 e. The predicted octanol–water partition coefficient (Wildman–Crippen LogP) is 2.40. The first kappa shape index (κ1) is 15.4. The Kier molecular flexibility index (Phi) is 3.35. The minimum atomic E-state index is -4.93. The summed E-state index contributed by atoms with van der Waals surface area (Å²) in [5.41, 5.74) is 2.35. The molecule has 0 saturated carbocycles. The molecular formula is C13H9ClO6S2. The molecule has 0 atom stereocenters. The average molecular weight is 361 g/mol. The van der Waals surface area contributed by atoms with E-state index in [4.69, 9.17) is 11.6 Å². The fourth-order valence-corrected chi connectivity index (χ4v) is 5.14. The normalized spacial score (nSPS) is 13.8. The first-order valence-corrected chi connectivity index (χ1v) is 9.25. The van der Waals surface area contributed by atoms with Gasteiger partial charge in [-0.1, -0.05) is 35.9 Å². The molecule has 2 aromatic carbocycles. The molecule has 3 rings (SSSR count). The lowest BCUT2D eigenvalue weighted by molar-refractivity contribution is 0.466. The molecule has 1 aliphatic carbocycles. The van der Waals surface area contributed by atoms with Crippen molar-refractivity contribution in [1.29, 1.82) is 0 Å². The number of benzene rings is 2. The van der Waals surface area contributed by atoms with Crippen LogP contribution in [0, 0.1) is 0 Å². The van der Waals surface area contributed by atoms with Crippen molar-refractivity contribution in [2.75, 3.05) is 0 Å². The van der Waals surface area contributed by atoms with Gasteiger partial charge >= 0.3 is 0 Å². The van der Waals surface area contributed by atoms with E-state index < -0.39 is 35.0 Å². The zero-order valence-electron chi connectivity index (χ0n) is 10.8. The van der Waals surface area contributed by atoms with Crippen molar-refractivity contribution in [3.8, 4) is 11.1 Å². The summed E-state index contributed by atoms with van der Waals surface area (Å²) in [6.07, 6.45) is 0.304. The van der Waals surface area contributed by atoms with Gasteiger partial charge in [0.1, 0.15) is 9.79 Å². The molecule has 2 N–H and O–H groups in total. The molecule has 0 aliphatic heterocycles. The molecule has 0 radical (unpaired) electrons. The van der Waals surface area contributed by atoms with Crippen LogP contribution in [0.2, 0.25) is 5.02 Å². The molecule has 0 fully saturated rings. The lowest BCUT2D eigenvalue weighted by Crippen LogP contribution is -2.10. The molecule has 0 saturated heterocycles. The highest BCUT2D eigenvalue weighted by Crippen LogP contribution is 2.44. The summed E-state index contributed by atoms with van der Waals surface area (Å²) in [7, 11) is -9.81. The number of hydrogen-bond donors (Lipinski definition) is 2. The van der Waals surface area contributed by atoms with Crippen molar-refractivity contribution in [1.82, 2.24) is 0 Å². The molecule has 0 heterocycles. The zero-order valence-corrected chi connectivity index (χ0v) is 13.2. The summed E-state index contributed by atoms with van der Waals surface area (Å²) in [6, 6.07) is 8.08. The third kappa shape index (κ3) is 2.33. The summed E-state index contributed by atoms with van der Waals surface area (Å²) >= 11 is 6.03. The second-order valence-corrected chi connectivity index (χ2v) is 7.95. The zero-order chi connectivity index (χ0) is 16.3. The average Bonchev–Trinajstić information content (AvgIpc) is 2.75. The number of rotatable bonds is 2. The standard InChI is InChI=1S/C13H9ClO6S2/c14-12-10-5-7-3-1-2-4-8(7)9(10)6-11(21(15,16)17)13(12)22(18,19)20/h1-4,6H,5H2,(H,15,16,17)(H,18,19,20). The Morgan fingerprint density at radius 2 is 1.59 bits per heavy atom. The lowest BCUT2D eigenvalue weighted by atomic mass is 10.1. The van der Waals surface area contributed by atoms with Crippen molar-refractivity contribution < 1.29 is 25.9 Å². The topological polar surface area (TPSA) is 109 Å². The van der Waals surface area contributed by atoms with E-state index in [2.05, 4.69) is 0 Å². The van der Waals surface area contributed by atoms with E-state index in [1.54, 1.807) is 24.3 Å². The van der Waals surface area contributed by atoms with E-state index >= 15 is 0 Å². The van der Waals surface area contributed by atoms with Crippen molar-refractivity contribution in [3.63, 3.8) is 0 Å². The van der Waals surface area contributed by atoms with Crippen LogP contribution in [0.1, 0.15) is 11.1 Å². The monoisotopic (exact) mass is 360 g/mol. The van der Waals surface area contributed by atoms with Crippen LogP contribution in [0.4, 0.5) is 0 Å². The van der Waals surface area contributed by atoms with Crippen LogP contribution in [0.25, 0.3) is 11.1 Å². The van der Waals surface area contributed by atoms with Crippen molar-refractivity contribution >= 4 is 31.8 Å². The Bertz CT molecular complexity index is 1010. The van der Waals surface area contributed by atoms with Crippen molar-refractivity contribution in [2.45, 2.75) is 16.2 Å². The summed E-state index contributed by atoms with van der Waals surface area (Å²) in [5.74, 6) is 0. The fraction of sp³-hybridized carbons (Fsp3) is 0.0769. The van der Waals surface area contributed by atoms with Gasteiger partial charge in [0.15, 0.2) is 0 Å². The minimum absolute atomic E-state index is 0.304. The Hall–Kier alpha value is -1.45. The van der Waals surface area contributed by atoms with Crippen LogP contribution in [0.3, 0.4) is 0 Å². The van der Waals surface area contributed by atoms with Gasteiger partial charge in [0.05, 0.1) is 5.02 Å². The van der Waals surface area contributed by atoms with E-state index in [-0.39, 0.29) is 0 Å². The highest BCUT2D eigenvalue weighted by atomic mass is 35.5. The van der Waals surface area contributed by atoms with Crippen molar-refractivity contribution in [3.05, 3.63) is 46.5 Å². The quantitative estimate of drug-likeness (QED) is 0.679. The highest BCUT2D eigenvalue weighted by molar-refractivity contribution is 7.89. The fourth-order valence-electron chi connectivity index (χ4n) is 2.62. The van der Waals surface area contributed by atoms with Crippen LogP contribution in [-0.4, -0.2) is 25.9 Å². The van der Waals surface area contributed by atoms with Gasteiger partial charge in [0.25, 0.3) is 20.2 Å². The van der Waals surface area contributed by atoms with Crippen molar-refractivity contribution in [2.24, 2.45) is 0 Å². The number of fused-ring (bicyclic) bond motifs is 3. The smallest absolute Gasteiger partial charge is 0.282 e. The molecule has 2 aromatic rings. The first-order valence-electron chi connectivity index (χ1n) is 5.99. The first-order chi connectivity index (χ1) is 10.1. The maximum absolute atomic E-state index is 11.5. The SMILES string of the molecule is O=S(=O)(O)c1cc2c(c(Cl)c1S(=O)(=O)O)Cc1ccccc1-2. The van der Waals surface area contributed by atoms with E-state index in [0.717, 1.165) is 11.6 Å². The van der Waals surface area contributed by atoms with Crippen LogP contribution in [0.15, 0.2) is 40.1 Å². The van der Waals surface area contributed by atoms with Gasteiger partial charge in [-0.15, -0.1) is 0 Å². The van der Waals surface area contributed by atoms with Gasteiger partial charge in [-0.25, -0.2) is 0 Å². The van der Waals surface area contributed by atoms with Gasteiger partial charge in [0, 0.05) is 6.42 Å². The Morgan fingerprint density at radius 3 is 2.18 bits per heavy atom. The summed E-state index contributed by atoms with van der Waals surface area (Å²) < 4.78 is 64.5. The minimum Gasteiger partial charge on any atom is -0.282 e. The van der Waals surface area contributed by atoms with Crippen LogP contribution >= 0.6 is 11.6 Å². The number of halogens is 1. The van der Waals surface area contributed by atoms with E-state index in [1.807, 2.05) is 0 Å². The van der Waals surface area contributed by atoms with E-state index in [0.29, 0.717) is 23.1 Å². The van der Waals surface area contributed by atoms with Crippen LogP contribution in [0.5, 0.6) is 0 Å². The summed E-state index contributed by atoms with van der Waals surface area (Å²) in [4.78, 5) is -1.93. The largest absolute Gasteiger partial charge is 0.297 e. The molecule has 6 nitrogen and oxygen atoms in total. The summed E-state index contributed by atoms with van der Waals surface area (Å²) in [5, 5.41) is -0.399. The van der Waals surface area contributed by atoms with Gasteiger partial charge in [-0.3, -0.25) is 9.11 Å². The molecule has 1 aliphatic rings. The molecule has 22 heavy (non-hydrogen) atoms. The van der Waals surface area contributed by atoms with E-state index in [9.17, 15) is 25.9 Å². The van der Waals surface area contributed by atoms with Gasteiger partial charge < -0.3 is 0 Å². The molecule has 0 bridgehead atoms.